The van der Waals surface area contributed by atoms with Crippen molar-refractivity contribution in [3.63, 3.8) is 0 Å². The number of carbonyl (C=O) groups excluding carboxylic acids is 4. The fourth-order valence-electron chi connectivity index (χ4n) is 5.43. The van der Waals surface area contributed by atoms with Gasteiger partial charge in [-0.15, -0.1) is 0 Å². The van der Waals surface area contributed by atoms with Gasteiger partial charge in [-0.25, -0.2) is 4.79 Å². The molecule has 0 radical (unpaired) electrons. The second-order valence-corrected chi connectivity index (χ2v) is 11.2. The Morgan fingerprint density at radius 3 is 2.61 bits per heavy atom. The molecule has 1 aromatic heterocycles. The predicted molar refractivity (Wildman–Crippen MR) is 140 cm³/mol. The summed E-state index contributed by atoms with van der Waals surface area (Å²) in [6.07, 6.45) is 3.16. The van der Waals surface area contributed by atoms with Crippen molar-refractivity contribution in [2.24, 2.45) is 0 Å². The summed E-state index contributed by atoms with van der Waals surface area (Å²) in [6, 6.07) is 5.65. The van der Waals surface area contributed by atoms with E-state index in [0.717, 1.165) is 24.4 Å². The summed E-state index contributed by atoms with van der Waals surface area (Å²) in [4.78, 5) is 52.0. The highest BCUT2D eigenvalue weighted by molar-refractivity contribution is 8.00. The highest BCUT2D eigenvalue weighted by Crippen LogP contribution is 2.38. The quantitative estimate of drug-likeness (QED) is 0.260. The second kappa shape index (κ2) is 10.8. The van der Waals surface area contributed by atoms with Crippen LogP contribution in [0.25, 0.3) is 0 Å². The van der Waals surface area contributed by atoms with Crippen molar-refractivity contribution in [3.05, 3.63) is 47.4 Å². The van der Waals surface area contributed by atoms with Crippen LogP contribution in [0.1, 0.15) is 53.6 Å². The van der Waals surface area contributed by atoms with Gasteiger partial charge >= 0.3 is 5.97 Å². The maximum atomic E-state index is 13.2. The molecule has 3 heterocycles. The number of aryl methyl sites for hydroxylation is 1. The number of para-hydroxylation sites is 1. The first kappa shape index (κ1) is 26.3. The number of benzene rings is 1. The van der Waals surface area contributed by atoms with Gasteiger partial charge in [-0.3, -0.25) is 19.7 Å². The van der Waals surface area contributed by atoms with Gasteiger partial charge in [-0.05, 0) is 62.6 Å². The lowest BCUT2D eigenvalue weighted by molar-refractivity contribution is -0.145. The molecule has 3 aliphatic rings. The Kier molecular flexibility index (Phi) is 7.49. The number of phenols is 1. The van der Waals surface area contributed by atoms with Gasteiger partial charge in [0, 0.05) is 11.8 Å². The number of carbonyl (C=O) groups is 4. The van der Waals surface area contributed by atoms with Crippen LogP contribution < -0.4 is 10.6 Å². The van der Waals surface area contributed by atoms with E-state index in [2.05, 4.69) is 10.6 Å². The van der Waals surface area contributed by atoms with Crippen molar-refractivity contribution in [2.75, 3.05) is 24.7 Å². The first-order valence-electron chi connectivity index (χ1n) is 12.8. The molecule has 202 valence electrons. The van der Waals surface area contributed by atoms with E-state index < -0.39 is 41.6 Å². The summed E-state index contributed by atoms with van der Waals surface area (Å²) >= 11 is 1.81. The van der Waals surface area contributed by atoms with Crippen LogP contribution in [0.15, 0.2) is 34.7 Å². The average molecular weight is 542 g/mol. The van der Waals surface area contributed by atoms with Crippen LogP contribution in [0.5, 0.6) is 5.75 Å². The molecule has 0 spiro atoms. The van der Waals surface area contributed by atoms with Crippen LogP contribution >= 0.6 is 11.8 Å². The molecule has 2 aliphatic heterocycles. The zero-order chi connectivity index (χ0) is 27.0. The first-order chi connectivity index (χ1) is 18.3. The molecular weight excluding hydrogens is 510 g/mol. The third kappa shape index (κ3) is 4.80. The molecule has 2 aromatic rings. The van der Waals surface area contributed by atoms with Crippen molar-refractivity contribution < 1.29 is 33.4 Å². The minimum absolute atomic E-state index is 0.000274. The van der Waals surface area contributed by atoms with Crippen LogP contribution in [0.2, 0.25) is 0 Å². The number of thioether (sulfide) groups is 1. The number of Topliss-reactive ketones (excluding diaryl/α,β-unsaturated/α-hetero) is 2. The van der Waals surface area contributed by atoms with Gasteiger partial charge in [0.15, 0.2) is 5.75 Å². The monoisotopic (exact) mass is 541 g/mol. The maximum Gasteiger partial charge on any atom is 0.328 e. The maximum absolute atomic E-state index is 13.2. The number of rotatable bonds is 8. The van der Waals surface area contributed by atoms with E-state index in [4.69, 9.17) is 9.15 Å². The van der Waals surface area contributed by atoms with Gasteiger partial charge in [0.2, 0.25) is 11.6 Å². The molecule has 1 aromatic carbocycles. The average Bonchev–Trinajstić information content (AvgIpc) is 3.70. The number of esters is 1. The van der Waals surface area contributed by atoms with Crippen LogP contribution in [0.3, 0.4) is 0 Å². The van der Waals surface area contributed by atoms with Crippen molar-refractivity contribution in [1.82, 2.24) is 10.2 Å². The van der Waals surface area contributed by atoms with Gasteiger partial charge in [0.05, 0.1) is 24.4 Å². The lowest BCUT2D eigenvalue weighted by Gasteiger charge is -2.38. The Labute approximate surface area is 224 Å². The van der Waals surface area contributed by atoms with Crippen molar-refractivity contribution >= 4 is 40.9 Å². The number of methoxy groups -OCH3 is 1. The standard InChI is InChI=1S/C27H31N3O7S/c1-14-10-11-18(37-14)20(19-9-5-13-38-19)29-22-21(24(32)25(22)33)28-16-7-3-6-15(23(16)31)26(34)30-12-4-8-17(30)27(35)36-2/h3,6-7,10-11,17,19-22,28-29,31H,4-5,8-9,12-13H2,1-2H3. The molecule has 2 saturated heterocycles. The predicted octanol–water partition coefficient (Wildman–Crippen LogP) is 2.60. The lowest BCUT2D eigenvalue weighted by atomic mass is 9.81. The molecule has 10 nitrogen and oxygen atoms in total. The smallest absolute Gasteiger partial charge is 0.328 e. The molecule has 38 heavy (non-hydrogen) atoms. The second-order valence-electron chi connectivity index (χ2n) is 9.85. The highest BCUT2D eigenvalue weighted by atomic mass is 32.2. The van der Waals surface area contributed by atoms with Gasteiger partial charge in [-0.1, -0.05) is 6.07 Å². The number of hydrogen-bond donors (Lipinski definition) is 3. The van der Waals surface area contributed by atoms with E-state index >= 15 is 0 Å². The minimum Gasteiger partial charge on any atom is -0.505 e. The third-order valence-corrected chi connectivity index (χ3v) is 8.93. The van der Waals surface area contributed by atoms with Crippen LogP contribution in [-0.4, -0.2) is 76.2 Å². The number of likely N-dealkylation sites (tertiary alicyclic amines) is 1. The Morgan fingerprint density at radius 1 is 1.13 bits per heavy atom. The zero-order valence-corrected chi connectivity index (χ0v) is 22.1. The van der Waals surface area contributed by atoms with E-state index in [9.17, 15) is 24.3 Å². The van der Waals surface area contributed by atoms with Crippen LogP contribution in [-0.2, 0) is 19.1 Å². The van der Waals surface area contributed by atoms with E-state index in [1.807, 2.05) is 30.8 Å². The summed E-state index contributed by atoms with van der Waals surface area (Å²) < 4.78 is 10.7. The number of hydrogen-bond acceptors (Lipinski definition) is 10. The largest absolute Gasteiger partial charge is 0.505 e. The molecule has 3 fully saturated rings. The summed E-state index contributed by atoms with van der Waals surface area (Å²) in [5, 5.41) is 17.5. The number of ether oxygens (including phenoxy) is 1. The van der Waals surface area contributed by atoms with Crippen molar-refractivity contribution in [3.8, 4) is 5.75 Å². The number of amides is 1. The molecule has 1 amide bonds. The Hall–Kier alpha value is -3.31. The number of anilines is 1. The Balaban J connectivity index is 1.35. The van der Waals surface area contributed by atoms with E-state index in [-0.39, 0.29) is 28.3 Å². The van der Waals surface area contributed by atoms with Gasteiger partial charge < -0.3 is 24.5 Å². The zero-order valence-electron chi connectivity index (χ0n) is 21.3. The first-order valence-corrected chi connectivity index (χ1v) is 13.8. The number of phenolic OH excluding ortho intramolecular Hbond substituents is 1. The summed E-state index contributed by atoms with van der Waals surface area (Å²) in [7, 11) is 1.27. The fraction of sp³-hybridized carbons (Fsp3) is 0.481. The van der Waals surface area contributed by atoms with Gasteiger partial charge in [-0.2, -0.15) is 11.8 Å². The molecule has 5 unspecified atom stereocenters. The number of ketones is 2. The van der Waals surface area contributed by atoms with Gasteiger partial charge in [0.25, 0.3) is 5.91 Å². The van der Waals surface area contributed by atoms with Crippen LogP contribution in [0, 0.1) is 6.92 Å². The summed E-state index contributed by atoms with van der Waals surface area (Å²) in [5.74, 6) is 0.0115. The normalized spacial score (nSPS) is 25.8. The fourth-order valence-corrected chi connectivity index (χ4v) is 6.81. The van der Waals surface area contributed by atoms with E-state index in [0.29, 0.717) is 25.1 Å². The molecule has 0 bridgehead atoms. The van der Waals surface area contributed by atoms with Gasteiger partial charge in [0.1, 0.15) is 29.6 Å². The Morgan fingerprint density at radius 2 is 1.92 bits per heavy atom. The highest BCUT2D eigenvalue weighted by Gasteiger charge is 2.51. The minimum atomic E-state index is -0.918. The summed E-state index contributed by atoms with van der Waals surface area (Å²) in [5.41, 5.74) is 0.155. The molecule has 5 rings (SSSR count). The molecule has 11 heteroatoms. The summed E-state index contributed by atoms with van der Waals surface area (Å²) in [6.45, 7) is 2.22. The number of furan rings is 1. The topological polar surface area (TPSA) is 138 Å². The Bertz CT molecular complexity index is 1260. The number of nitrogens with zero attached hydrogens (tertiary/aromatic N) is 1. The molecule has 3 N–H and O–H groups in total. The molecule has 1 saturated carbocycles. The van der Waals surface area contributed by atoms with Crippen molar-refractivity contribution in [2.45, 2.75) is 62.0 Å². The molecular formula is C27H31N3O7S. The molecule has 5 atom stereocenters. The third-order valence-electron chi connectivity index (χ3n) is 7.47. The van der Waals surface area contributed by atoms with Crippen molar-refractivity contribution in [1.29, 1.82) is 0 Å². The molecule has 1 aliphatic carbocycles. The number of nitrogens with one attached hydrogen (secondary N) is 2. The lowest BCUT2D eigenvalue weighted by Crippen LogP contribution is -2.68. The van der Waals surface area contributed by atoms with E-state index in [1.165, 1.54) is 18.1 Å². The van der Waals surface area contributed by atoms with E-state index in [1.54, 1.807) is 12.1 Å². The van der Waals surface area contributed by atoms with Crippen LogP contribution in [0.4, 0.5) is 5.69 Å². The number of aromatic hydroxyl groups is 1. The SMILES string of the molecule is COC(=O)C1CCCN1C(=O)c1cccc(NC2C(=O)C(=O)C2NC(c2ccc(C)o2)C2CCCS2)c1O.